The van der Waals surface area contributed by atoms with Crippen molar-refractivity contribution in [2.45, 2.75) is 82.0 Å². The van der Waals surface area contributed by atoms with Gasteiger partial charge in [0.2, 0.25) is 0 Å². The molecule has 164 valence electrons. The van der Waals surface area contributed by atoms with Gasteiger partial charge in [-0.05, 0) is 19.3 Å². The van der Waals surface area contributed by atoms with Crippen LogP contribution in [0.25, 0.3) is 0 Å². The number of carbonyl (C=O) groups excluding carboxylic acids is 1. The Hall–Kier alpha value is -0.790. The van der Waals surface area contributed by atoms with Crippen LogP contribution in [0.15, 0.2) is 11.8 Å². The summed E-state index contributed by atoms with van der Waals surface area (Å²) in [6, 6.07) is 0. The molecule has 1 heterocycles. The molecule has 2 fully saturated rings. The number of carbonyl (C=O) groups is 1. The SMILES string of the molecule is CCCCC[C@H](O)C#C[C@@H]1[C@H]2C/C(=C/C(F)(F)CCC(=O)[O-])OC2C(F)(F)[C@H]1O.[Na+]. The molecule has 2 rings (SSSR count). The van der Waals surface area contributed by atoms with E-state index in [4.69, 9.17) is 4.74 Å². The number of rotatable bonds is 8. The molecule has 10 heteroatoms. The van der Waals surface area contributed by atoms with Crippen LogP contribution in [0.1, 0.15) is 51.9 Å². The number of ether oxygens (including phenoxy) is 1. The number of aliphatic carboxylic acids is 1. The smallest absolute Gasteiger partial charge is 0.550 e. The molecule has 1 saturated carbocycles. The number of aliphatic hydroxyl groups excluding tert-OH is 2. The minimum absolute atomic E-state index is 0. The van der Waals surface area contributed by atoms with E-state index in [0.717, 1.165) is 19.3 Å². The van der Waals surface area contributed by atoms with Crippen molar-refractivity contribution in [1.29, 1.82) is 0 Å². The standard InChI is InChI=1S/C20H26F4O5.Na/c1-2-3-4-5-12(25)6-7-14-15-10-13(11-19(21,22)9-8-16(26)27)29-18(15)20(23,24)17(14)28;/h11-12,14-15,17-18,25,28H,2-5,8-10H2,1H3,(H,26,27);/q;+1/p-1/b13-11-;/t12-,14+,15+,17-,18?;/m0./s1. The quantitative estimate of drug-likeness (QED) is 0.217. The van der Waals surface area contributed by atoms with Gasteiger partial charge in [0.05, 0.1) is 11.7 Å². The van der Waals surface area contributed by atoms with Crippen molar-refractivity contribution < 1.29 is 72.0 Å². The molecule has 1 saturated heterocycles. The van der Waals surface area contributed by atoms with Gasteiger partial charge in [-0.2, -0.15) is 8.78 Å². The van der Waals surface area contributed by atoms with Crippen molar-refractivity contribution in [2.24, 2.45) is 11.8 Å². The van der Waals surface area contributed by atoms with Gasteiger partial charge >= 0.3 is 35.5 Å². The Balaban J connectivity index is 0.00000450. The summed E-state index contributed by atoms with van der Waals surface area (Å²) in [5.41, 5.74) is 0. The van der Waals surface area contributed by atoms with E-state index >= 15 is 0 Å². The van der Waals surface area contributed by atoms with Gasteiger partial charge in [-0.25, -0.2) is 8.78 Å². The first-order chi connectivity index (χ1) is 13.5. The van der Waals surface area contributed by atoms with Gasteiger partial charge in [0.15, 0.2) is 6.10 Å². The monoisotopic (exact) mass is 444 g/mol. The zero-order chi connectivity index (χ0) is 21.8. The molecule has 0 aromatic carbocycles. The maximum Gasteiger partial charge on any atom is 1.00 e. The van der Waals surface area contributed by atoms with E-state index in [1.54, 1.807) is 0 Å². The Kier molecular flexibility index (Phi) is 10.2. The number of carboxylic acid groups (broad SMARTS) is 1. The number of fused-ring (bicyclic) bond motifs is 1. The molecule has 1 aliphatic carbocycles. The van der Waals surface area contributed by atoms with Crippen LogP contribution in [0.3, 0.4) is 0 Å². The molecule has 0 radical (unpaired) electrons. The van der Waals surface area contributed by atoms with Crippen LogP contribution in [0.4, 0.5) is 17.6 Å². The Morgan fingerprint density at radius 2 is 2.10 bits per heavy atom. The van der Waals surface area contributed by atoms with Gasteiger partial charge in [-0.3, -0.25) is 0 Å². The fourth-order valence-electron chi connectivity index (χ4n) is 3.67. The third-order valence-electron chi connectivity index (χ3n) is 5.21. The van der Waals surface area contributed by atoms with Crippen LogP contribution >= 0.6 is 0 Å². The number of aliphatic hydroxyl groups is 2. The first-order valence-corrected chi connectivity index (χ1v) is 9.69. The van der Waals surface area contributed by atoms with Crippen molar-refractivity contribution in [3.63, 3.8) is 0 Å². The molecule has 0 amide bonds. The van der Waals surface area contributed by atoms with Gasteiger partial charge < -0.3 is 24.9 Å². The number of hydrogen-bond acceptors (Lipinski definition) is 5. The van der Waals surface area contributed by atoms with Gasteiger partial charge in [-0.1, -0.05) is 31.6 Å². The van der Waals surface area contributed by atoms with Gasteiger partial charge in [0, 0.05) is 30.8 Å². The van der Waals surface area contributed by atoms with E-state index in [9.17, 15) is 37.7 Å². The first-order valence-electron chi connectivity index (χ1n) is 9.69. The van der Waals surface area contributed by atoms with E-state index in [0.29, 0.717) is 12.5 Å². The van der Waals surface area contributed by atoms with E-state index in [-0.39, 0.29) is 41.7 Å². The molecule has 0 aromatic rings. The third-order valence-corrected chi connectivity index (χ3v) is 5.21. The zero-order valence-corrected chi connectivity index (χ0v) is 19.0. The van der Waals surface area contributed by atoms with Crippen LogP contribution in [0, 0.1) is 23.7 Å². The number of unbranched alkanes of at least 4 members (excludes halogenated alkanes) is 2. The topological polar surface area (TPSA) is 89.8 Å². The second-order valence-electron chi connectivity index (χ2n) is 7.60. The van der Waals surface area contributed by atoms with Crippen molar-refractivity contribution in [1.82, 2.24) is 0 Å². The van der Waals surface area contributed by atoms with E-state index in [2.05, 4.69) is 11.8 Å². The van der Waals surface area contributed by atoms with Crippen molar-refractivity contribution in [3.8, 4) is 11.8 Å². The Morgan fingerprint density at radius 3 is 2.70 bits per heavy atom. The van der Waals surface area contributed by atoms with Gasteiger partial charge in [0.1, 0.15) is 12.2 Å². The second-order valence-corrected chi connectivity index (χ2v) is 7.60. The average Bonchev–Trinajstić information content (AvgIpc) is 3.10. The summed E-state index contributed by atoms with van der Waals surface area (Å²) in [4.78, 5) is 10.4. The van der Waals surface area contributed by atoms with Crippen LogP contribution in [0.5, 0.6) is 0 Å². The molecule has 0 spiro atoms. The molecule has 30 heavy (non-hydrogen) atoms. The van der Waals surface area contributed by atoms with E-state index in [1.165, 1.54) is 0 Å². The van der Waals surface area contributed by atoms with Crippen LogP contribution in [0.2, 0.25) is 0 Å². The van der Waals surface area contributed by atoms with E-state index in [1.807, 2.05) is 6.92 Å². The maximum absolute atomic E-state index is 14.4. The Labute approximate surface area is 195 Å². The Bertz CT molecular complexity index is 688. The van der Waals surface area contributed by atoms with Crippen LogP contribution in [-0.4, -0.2) is 46.3 Å². The number of carboxylic acids is 1. The summed E-state index contributed by atoms with van der Waals surface area (Å²) in [6.07, 6.45) is -3.90. The number of alkyl halides is 4. The summed E-state index contributed by atoms with van der Waals surface area (Å²) in [6.45, 7) is 1.99. The fraction of sp³-hybridized carbons (Fsp3) is 0.750. The predicted octanol–water partition coefficient (Wildman–Crippen LogP) is -0.985. The summed E-state index contributed by atoms with van der Waals surface area (Å²) >= 11 is 0. The van der Waals surface area contributed by atoms with Crippen molar-refractivity contribution in [3.05, 3.63) is 11.8 Å². The maximum atomic E-state index is 14.4. The molecule has 1 unspecified atom stereocenters. The molecule has 2 aliphatic rings. The molecular weight excluding hydrogens is 419 g/mol. The molecule has 5 atom stereocenters. The first kappa shape index (κ1) is 27.2. The zero-order valence-electron chi connectivity index (χ0n) is 17.0. The third kappa shape index (κ3) is 6.86. The van der Waals surface area contributed by atoms with E-state index < -0.39 is 60.8 Å². The summed E-state index contributed by atoms with van der Waals surface area (Å²) in [5.74, 6) is -6.55. The Morgan fingerprint density at radius 1 is 1.43 bits per heavy atom. The second kappa shape index (κ2) is 11.2. The van der Waals surface area contributed by atoms with Crippen molar-refractivity contribution in [2.75, 3.05) is 0 Å². The molecule has 0 aromatic heterocycles. The molecule has 2 N–H and O–H groups in total. The van der Waals surface area contributed by atoms with Crippen LogP contribution in [-0.2, 0) is 9.53 Å². The molecule has 1 aliphatic heterocycles. The van der Waals surface area contributed by atoms with Gasteiger partial charge in [-0.15, -0.1) is 0 Å². The summed E-state index contributed by atoms with van der Waals surface area (Å²) in [7, 11) is 0. The minimum Gasteiger partial charge on any atom is -0.550 e. The normalized spacial score (nSPS) is 29.4. The summed E-state index contributed by atoms with van der Waals surface area (Å²) in [5, 5.41) is 30.2. The van der Waals surface area contributed by atoms with Crippen molar-refractivity contribution >= 4 is 5.97 Å². The summed E-state index contributed by atoms with van der Waals surface area (Å²) < 4.78 is 61.4. The largest absolute Gasteiger partial charge is 1.00 e. The molecular formula is C20H25F4NaO5. The fourth-order valence-corrected chi connectivity index (χ4v) is 3.67. The number of halogens is 4. The number of hydrogen-bond donors (Lipinski definition) is 2. The van der Waals surface area contributed by atoms with Crippen LogP contribution < -0.4 is 34.7 Å². The molecule has 5 nitrogen and oxygen atoms in total. The minimum atomic E-state index is -3.69. The predicted molar refractivity (Wildman–Crippen MR) is 92.6 cm³/mol. The van der Waals surface area contributed by atoms with Gasteiger partial charge in [0.25, 0.3) is 5.92 Å². The molecule has 0 bridgehead atoms. The average molecular weight is 444 g/mol. The number of allylic oxidation sites excluding steroid dienone is 2.